The second-order valence-corrected chi connectivity index (χ2v) is 6.12. The van der Waals surface area contributed by atoms with Crippen LogP contribution in [0.25, 0.3) is 0 Å². The van der Waals surface area contributed by atoms with Crippen molar-refractivity contribution in [1.82, 2.24) is 9.97 Å². The van der Waals surface area contributed by atoms with Gasteiger partial charge in [0, 0.05) is 37.2 Å². The Morgan fingerprint density at radius 3 is 2.42 bits per heavy atom. The number of para-hydroxylation sites is 1. The summed E-state index contributed by atoms with van der Waals surface area (Å²) in [6, 6.07) is 17.1. The van der Waals surface area contributed by atoms with Gasteiger partial charge in [0.1, 0.15) is 17.8 Å². The number of benzene rings is 2. The van der Waals surface area contributed by atoms with Crippen LogP contribution in [0.4, 0.5) is 22.9 Å². The van der Waals surface area contributed by atoms with Crippen LogP contribution < -0.4 is 15.5 Å². The van der Waals surface area contributed by atoms with Crippen molar-refractivity contribution >= 4 is 28.8 Å². The third-order valence-corrected chi connectivity index (χ3v) is 3.95. The van der Waals surface area contributed by atoms with Gasteiger partial charge in [-0.2, -0.15) is 0 Å². The Bertz CT molecular complexity index is 906. The number of carbonyl (C=O) groups is 1. The van der Waals surface area contributed by atoms with Crippen molar-refractivity contribution in [3.63, 3.8) is 0 Å². The van der Waals surface area contributed by atoms with Crippen LogP contribution in [0.5, 0.6) is 0 Å². The SMILES string of the molecule is Cc1ccccc1Nc1cc(C(=O)Nc2ccc(N(C)C)cc2)ncn1. The van der Waals surface area contributed by atoms with E-state index in [-0.39, 0.29) is 5.91 Å². The summed E-state index contributed by atoms with van der Waals surface area (Å²) in [5.41, 5.74) is 4.12. The van der Waals surface area contributed by atoms with Crippen molar-refractivity contribution in [1.29, 1.82) is 0 Å². The van der Waals surface area contributed by atoms with E-state index in [0.717, 1.165) is 16.9 Å². The molecule has 0 aliphatic heterocycles. The highest BCUT2D eigenvalue weighted by Crippen LogP contribution is 2.19. The lowest BCUT2D eigenvalue weighted by atomic mass is 10.2. The van der Waals surface area contributed by atoms with Gasteiger partial charge in [-0.05, 0) is 42.8 Å². The second kappa shape index (κ2) is 7.65. The predicted octanol–water partition coefficient (Wildman–Crippen LogP) is 3.85. The standard InChI is InChI=1S/C20H21N5O/c1-14-6-4-5-7-17(14)24-19-12-18(21-13-22-19)20(26)23-15-8-10-16(11-9-15)25(2)3/h4-13H,1-3H3,(H,23,26)(H,21,22,24). The molecule has 0 spiro atoms. The molecule has 0 radical (unpaired) electrons. The molecule has 26 heavy (non-hydrogen) atoms. The van der Waals surface area contributed by atoms with Crippen molar-refractivity contribution < 1.29 is 4.79 Å². The van der Waals surface area contributed by atoms with Crippen LogP contribution in [0.3, 0.4) is 0 Å². The van der Waals surface area contributed by atoms with E-state index in [9.17, 15) is 4.79 Å². The minimum atomic E-state index is -0.280. The summed E-state index contributed by atoms with van der Waals surface area (Å²) < 4.78 is 0. The summed E-state index contributed by atoms with van der Waals surface area (Å²) in [5.74, 6) is 0.292. The molecule has 0 aliphatic carbocycles. The predicted molar refractivity (Wildman–Crippen MR) is 105 cm³/mol. The highest BCUT2D eigenvalue weighted by Gasteiger charge is 2.10. The normalized spacial score (nSPS) is 10.3. The molecule has 6 heteroatoms. The molecule has 0 aliphatic rings. The summed E-state index contributed by atoms with van der Waals surface area (Å²) in [4.78, 5) is 22.7. The molecule has 1 heterocycles. The number of anilines is 4. The number of nitrogens with zero attached hydrogens (tertiary/aromatic N) is 3. The van der Waals surface area contributed by atoms with Crippen LogP contribution >= 0.6 is 0 Å². The fraction of sp³-hybridized carbons (Fsp3) is 0.150. The molecule has 0 bridgehead atoms. The zero-order valence-corrected chi connectivity index (χ0v) is 15.0. The Balaban J connectivity index is 1.73. The van der Waals surface area contributed by atoms with E-state index in [1.54, 1.807) is 6.07 Å². The van der Waals surface area contributed by atoms with Gasteiger partial charge in [0.05, 0.1) is 0 Å². The number of aryl methyl sites for hydroxylation is 1. The van der Waals surface area contributed by atoms with Crippen molar-refractivity contribution in [2.75, 3.05) is 29.6 Å². The van der Waals surface area contributed by atoms with Crippen LogP contribution in [0, 0.1) is 6.92 Å². The van der Waals surface area contributed by atoms with E-state index < -0.39 is 0 Å². The first-order valence-corrected chi connectivity index (χ1v) is 8.26. The average molecular weight is 347 g/mol. The van der Waals surface area contributed by atoms with Gasteiger partial charge in [0.15, 0.2) is 0 Å². The Kier molecular flexibility index (Phi) is 5.12. The van der Waals surface area contributed by atoms with Crippen molar-refractivity contribution in [2.45, 2.75) is 6.92 Å². The van der Waals surface area contributed by atoms with Gasteiger partial charge in [0.2, 0.25) is 0 Å². The monoisotopic (exact) mass is 347 g/mol. The highest BCUT2D eigenvalue weighted by atomic mass is 16.1. The molecular weight excluding hydrogens is 326 g/mol. The minimum Gasteiger partial charge on any atom is -0.378 e. The average Bonchev–Trinajstić information content (AvgIpc) is 2.64. The van der Waals surface area contributed by atoms with Gasteiger partial charge < -0.3 is 15.5 Å². The first kappa shape index (κ1) is 17.4. The first-order chi connectivity index (χ1) is 12.5. The maximum Gasteiger partial charge on any atom is 0.274 e. The third-order valence-electron chi connectivity index (χ3n) is 3.95. The maximum atomic E-state index is 12.5. The van der Waals surface area contributed by atoms with Crippen LogP contribution in [-0.4, -0.2) is 30.0 Å². The molecule has 0 unspecified atom stereocenters. The lowest BCUT2D eigenvalue weighted by molar-refractivity contribution is 0.102. The zero-order chi connectivity index (χ0) is 18.5. The van der Waals surface area contributed by atoms with Gasteiger partial charge in [0.25, 0.3) is 5.91 Å². The quantitative estimate of drug-likeness (QED) is 0.734. The second-order valence-electron chi connectivity index (χ2n) is 6.12. The number of rotatable bonds is 5. The molecule has 132 valence electrons. The van der Waals surface area contributed by atoms with Gasteiger partial charge in [-0.15, -0.1) is 0 Å². The Hall–Kier alpha value is -3.41. The smallest absolute Gasteiger partial charge is 0.274 e. The largest absolute Gasteiger partial charge is 0.378 e. The van der Waals surface area contributed by atoms with Crippen molar-refractivity contribution in [3.05, 3.63) is 72.2 Å². The Labute approximate surface area is 152 Å². The lowest BCUT2D eigenvalue weighted by Gasteiger charge is -2.13. The summed E-state index contributed by atoms with van der Waals surface area (Å²) in [5, 5.41) is 6.07. The first-order valence-electron chi connectivity index (χ1n) is 8.26. The molecule has 2 N–H and O–H groups in total. The van der Waals surface area contributed by atoms with E-state index in [1.165, 1.54) is 6.33 Å². The van der Waals surface area contributed by atoms with E-state index >= 15 is 0 Å². The van der Waals surface area contributed by atoms with E-state index in [4.69, 9.17) is 0 Å². The fourth-order valence-corrected chi connectivity index (χ4v) is 2.44. The topological polar surface area (TPSA) is 70.2 Å². The molecule has 1 amide bonds. The molecule has 6 nitrogen and oxygen atoms in total. The van der Waals surface area contributed by atoms with Gasteiger partial charge in [-0.1, -0.05) is 18.2 Å². The summed E-state index contributed by atoms with van der Waals surface area (Å²) >= 11 is 0. The lowest BCUT2D eigenvalue weighted by Crippen LogP contribution is -2.14. The Morgan fingerprint density at radius 1 is 1.00 bits per heavy atom. The third kappa shape index (κ3) is 4.16. The number of carbonyl (C=O) groups excluding carboxylic acids is 1. The van der Waals surface area contributed by atoms with E-state index in [1.807, 2.05) is 74.4 Å². The van der Waals surface area contributed by atoms with E-state index in [0.29, 0.717) is 17.2 Å². The van der Waals surface area contributed by atoms with Crippen molar-refractivity contribution in [3.8, 4) is 0 Å². The molecule has 0 saturated heterocycles. The van der Waals surface area contributed by atoms with Crippen LogP contribution in [0.2, 0.25) is 0 Å². The highest BCUT2D eigenvalue weighted by molar-refractivity contribution is 6.03. The van der Waals surface area contributed by atoms with E-state index in [2.05, 4.69) is 20.6 Å². The molecule has 0 fully saturated rings. The molecular formula is C20H21N5O. The molecule has 1 aromatic heterocycles. The zero-order valence-electron chi connectivity index (χ0n) is 15.0. The molecule has 0 saturated carbocycles. The number of aromatic nitrogens is 2. The summed E-state index contributed by atoms with van der Waals surface area (Å²) in [7, 11) is 3.94. The molecule has 2 aromatic carbocycles. The molecule has 3 aromatic rings. The van der Waals surface area contributed by atoms with Crippen LogP contribution in [-0.2, 0) is 0 Å². The minimum absolute atomic E-state index is 0.280. The number of nitrogens with one attached hydrogen (secondary N) is 2. The fourth-order valence-electron chi connectivity index (χ4n) is 2.44. The number of hydrogen-bond donors (Lipinski definition) is 2. The van der Waals surface area contributed by atoms with Gasteiger partial charge in [-0.25, -0.2) is 9.97 Å². The molecule has 3 rings (SSSR count). The Morgan fingerprint density at radius 2 is 1.73 bits per heavy atom. The van der Waals surface area contributed by atoms with Gasteiger partial charge in [-0.3, -0.25) is 4.79 Å². The van der Waals surface area contributed by atoms with Crippen molar-refractivity contribution in [2.24, 2.45) is 0 Å². The molecule has 0 atom stereocenters. The maximum absolute atomic E-state index is 12.5. The number of amides is 1. The number of hydrogen-bond acceptors (Lipinski definition) is 5. The summed E-state index contributed by atoms with van der Waals surface area (Å²) in [6.45, 7) is 2.01. The van der Waals surface area contributed by atoms with Crippen LogP contribution in [0.15, 0.2) is 60.9 Å². The van der Waals surface area contributed by atoms with Gasteiger partial charge >= 0.3 is 0 Å². The van der Waals surface area contributed by atoms with Crippen LogP contribution in [0.1, 0.15) is 16.1 Å². The summed E-state index contributed by atoms with van der Waals surface area (Å²) in [6.07, 6.45) is 1.38.